The van der Waals surface area contributed by atoms with E-state index >= 15 is 0 Å². The van der Waals surface area contributed by atoms with Gasteiger partial charge in [-0.15, -0.1) is 0 Å². The van der Waals surface area contributed by atoms with E-state index in [0.29, 0.717) is 16.7 Å². The second kappa shape index (κ2) is 5.42. The van der Waals surface area contributed by atoms with Gasteiger partial charge < -0.3 is 10.3 Å². The van der Waals surface area contributed by atoms with E-state index in [-0.39, 0.29) is 5.91 Å². The molecular weight excluding hydrogens is 320 g/mol. The molecule has 2 N–H and O–H groups in total. The maximum absolute atomic E-state index is 12.0. The van der Waals surface area contributed by atoms with Gasteiger partial charge in [-0.2, -0.15) is 0 Å². The summed E-state index contributed by atoms with van der Waals surface area (Å²) >= 11 is 3.24. The molecule has 3 rings (SSSR count). The van der Waals surface area contributed by atoms with E-state index in [0.717, 1.165) is 16.9 Å². The number of rotatable bonds is 3. The summed E-state index contributed by atoms with van der Waals surface area (Å²) < 4.78 is 0.633. The molecule has 100 valence electrons. The molecular formula is C14H11BrN4O. The maximum atomic E-state index is 12.0. The lowest BCUT2D eigenvalue weighted by molar-refractivity contribution is 0.0950. The lowest BCUT2D eigenvalue weighted by Crippen LogP contribution is -2.23. The molecule has 0 atom stereocenters. The number of carbonyl (C=O) groups is 1. The van der Waals surface area contributed by atoms with E-state index in [9.17, 15) is 4.79 Å². The van der Waals surface area contributed by atoms with E-state index in [1.54, 1.807) is 18.3 Å². The van der Waals surface area contributed by atoms with Crippen LogP contribution < -0.4 is 5.32 Å². The first kappa shape index (κ1) is 12.8. The number of amides is 1. The van der Waals surface area contributed by atoms with Gasteiger partial charge in [0.05, 0.1) is 17.6 Å². The maximum Gasteiger partial charge on any atom is 0.251 e. The van der Waals surface area contributed by atoms with Gasteiger partial charge in [0.15, 0.2) is 0 Å². The lowest BCUT2D eigenvalue weighted by atomic mass is 10.2. The average Bonchev–Trinajstić information content (AvgIpc) is 2.87. The fourth-order valence-electron chi connectivity index (χ4n) is 1.90. The summed E-state index contributed by atoms with van der Waals surface area (Å²) in [6.07, 6.45) is 1.58. The Morgan fingerprint density at radius 3 is 2.95 bits per heavy atom. The van der Waals surface area contributed by atoms with Crippen molar-refractivity contribution in [1.82, 2.24) is 20.3 Å². The van der Waals surface area contributed by atoms with Gasteiger partial charge >= 0.3 is 0 Å². The van der Waals surface area contributed by atoms with Crippen molar-refractivity contribution < 1.29 is 4.79 Å². The zero-order valence-corrected chi connectivity index (χ0v) is 12.0. The van der Waals surface area contributed by atoms with Crippen molar-refractivity contribution in [2.75, 3.05) is 0 Å². The molecule has 1 aromatic carbocycles. The molecule has 0 bridgehead atoms. The number of carbonyl (C=O) groups excluding carboxylic acids is 1. The van der Waals surface area contributed by atoms with E-state index in [2.05, 4.69) is 36.2 Å². The van der Waals surface area contributed by atoms with Gasteiger partial charge in [0.2, 0.25) is 0 Å². The van der Waals surface area contributed by atoms with Crippen LogP contribution in [0, 0.1) is 0 Å². The zero-order valence-electron chi connectivity index (χ0n) is 10.4. The van der Waals surface area contributed by atoms with Gasteiger partial charge in [0.25, 0.3) is 5.91 Å². The third-order valence-corrected chi connectivity index (χ3v) is 3.28. The molecule has 5 nitrogen and oxygen atoms in total. The van der Waals surface area contributed by atoms with E-state index in [1.807, 2.05) is 24.3 Å². The zero-order chi connectivity index (χ0) is 13.9. The van der Waals surface area contributed by atoms with Crippen LogP contribution in [0.15, 0.2) is 47.2 Å². The van der Waals surface area contributed by atoms with Gasteiger partial charge in [0, 0.05) is 11.8 Å². The van der Waals surface area contributed by atoms with Crippen molar-refractivity contribution in [3.63, 3.8) is 0 Å². The van der Waals surface area contributed by atoms with Crippen molar-refractivity contribution in [2.24, 2.45) is 0 Å². The highest BCUT2D eigenvalue weighted by atomic mass is 79.9. The number of imidazole rings is 1. The van der Waals surface area contributed by atoms with E-state index < -0.39 is 0 Å². The van der Waals surface area contributed by atoms with Crippen molar-refractivity contribution in [2.45, 2.75) is 6.54 Å². The first-order chi connectivity index (χ1) is 9.72. The van der Waals surface area contributed by atoms with Crippen LogP contribution in [0.2, 0.25) is 0 Å². The number of fused-ring (bicyclic) bond motifs is 1. The summed E-state index contributed by atoms with van der Waals surface area (Å²) in [5.74, 6) is 0.571. The third kappa shape index (κ3) is 2.70. The van der Waals surface area contributed by atoms with Crippen LogP contribution in [-0.4, -0.2) is 20.9 Å². The Morgan fingerprint density at radius 1 is 1.30 bits per heavy atom. The first-order valence-corrected chi connectivity index (χ1v) is 6.85. The number of hydrogen-bond acceptors (Lipinski definition) is 3. The Morgan fingerprint density at radius 2 is 2.15 bits per heavy atom. The minimum absolute atomic E-state index is 0.159. The second-order valence-electron chi connectivity index (χ2n) is 4.25. The molecule has 0 aliphatic heterocycles. The summed E-state index contributed by atoms with van der Waals surface area (Å²) in [5, 5.41) is 2.82. The normalized spacial score (nSPS) is 10.7. The van der Waals surface area contributed by atoms with Gasteiger partial charge in [-0.1, -0.05) is 12.1 Å². The average molecular weight is 331 g/mol. The molecule has 0 saturated carbocycles. The summed E-state index contributed by atoms with van der Waals surface area (Å²) in [6.45, 7) is 0.355. The fraction of sp³-hybridized carbons (Fsp3) is 0.0714. The van der Waals surface area contributed by atoms with E-state index in [4.69, 9.17) is 0 Å². The number of halogens is 1. The predicted octanol–water partition coefficient (Wildman–Crippen LogP) is 2.65. The van der Waals surface area contributed by atoms with Crippen LogP contribution in [-0.2, 0) is 6.54 Å². The third-order valence-electron chi connectivity index (χ3n) is 2.84. The summed E-state index contributed by atoms with van der Waals surface area (Å²) in [7, 11) is 0. The first-order valence-electron chi connectivity index (χ1n) is 6.06. The number of H-pyrrole nitrogens is 1. The molecule has 0 aliphatic carbocycles. The molecule has 20 heavy (non-hydrogen) atoms. The number of aromatic nitrogens is 3. The Hall–Kier alpha value is -2.21. The quantitative estimate of drug-likeness (QED) is 0.725. The number of nitrogens with zero attached hydrogens (tertiary/aromatic N) is 2. The Balaban J connectivity index is 1.71. The van der Waals surface area contributed by atoms with Crippen LogP contribution in [0.4, 0.5) is 0 Å². The number of aromatic amines is 1. The highest BCUT2D eigenvalue weighted by Crippen LogP contribution is 2.11. The molecule has 0 fully saturated rings. The predicted molar refractivity (Wildman–Crippen MR) is 79.2 cm³/mol. The van der Waals surface area contributed by atoms with Crippen LogP contribution in [0.25, 0.3) is 11.0 Å². The summed E-state index contributed by atoms with van der Waals surface area (Å²) in [5.41, 5.74) is 2.41. The van der Waals surface area contributed by atoms with Crippen molar-refractivity contribution in [3.8, 4) is 0 Å². The van der Waals surface area contributed by atoms with Crippen LogP contribution in [0.5, 0.6) is 0 Å². The number of benzene rings is 1. The number of pyridine rings is 1. The summed E-state index contributed by atoms with van der Waals surface area (Å²) in [6, 6.07) is 11.1. The molecule has 0 saturated heterocycles. The molecule has 0 unspecified atom stereocenters. The van der Waals surface area contributed by atoms with Crippen LogP contribution >= 0.6 is 15.9 Å². The summed E-state index contributed by atoms with van der Waals surface area (Å²) in [4.78, 5) is 23.5. The minimum atomic E-state index is -0.159. The highest BCUT2D eigenvalue weighted by molar-refractivity contribution is 9.10. The van der Waals surface area contributed by atoms with Crippen LogP contribution in [0.1, 0.15) is 16.2 Å². The molecule has 3 aromatic rings. The highest BCUT2D eigenvalue weighted by Gasteiger charge is 2.07. The van der Waals surface area contributed by atoms with E-state index in [1.165, 1.54) is 0 Å². The lowest BCUT2D eigenvalue weighted by Gasteiger charge is -2.03. The molecule has 1 amide bonds. The molecule has 0 spiro atoms. The van der Waals surface area contributed by atoms with Gasteiger partial charge in [-0.05, 0) is 40.2 Å². The fourth-order valence-corrected chi connectivity index (χ4v) is 2.26. The van der Waals surface area contributed by atoms with Crippen molar-refractivity contribution in [3.05, 3.63) is 58.6 Å². The molecule has 2 aromatic heterocycles. The second-order valence-corrected chi connectivity index (χ2v) is 5.06. The topological polar surface area (TPSA) is 70.7 Å². The number of nitrogens with one attached hydrogen (secondary N) is 2. The molecule has 0 radical (unpaired) electrons. The molecule has 0 aliphatic rings. The Bertz CT molecular complexity index is 735. The monoisotopic (exact) mass is 330 g/mol. The standard InChI is InChI=1S/C14H11BrN4O/c15-12-7-9(5-6-16-12)14(20)17-8-13-18-10-3-1-2-4-11(10)19-13/h1-7H,8H2,(H,17,20)(H,18,19). The largest absolute Gasteiger partial charge is 0.345 e. The molecule has 6 heteroatoms. The Kier molecular flexibility index (Phi) is 3.47. The smallest absolute Gasteiger partial charge is 0.251 e. The Labute approximate surface area is 123 Å². The van der Waals surface area contributed by atoms with Crippen molar-refractivity contribution >= 4 is 32.9 Å². The van der Waals surface area contributed by atoms with Gasteiger partial charge in [0.1, 0.15) is 10.4 Å². The number of para-hydroxylation sites is 2. The minimum Gasteiger partial charge on any atom is -0.345 e. The molecule has 2 heterocycles. The van der Waals surface area contributed by atoms with Crippen molar-refractivity contribution in [1.29, 1.82) is 0 Å². The SMILES string of the molecule is O=C(NCc1nc2ccccc2[nH]1)c1ccnc(Br)c1. The van der Waals surface area contributed by atoms with Crippen LogP contribution in [0.3, 0.4) is 0 Å². The van der Waals surface area contributed by atoms with Gasteiger partial charge in [-0.3, -0.25) is 4.79 Å². The van der Waals surface area contributed by atoms with Gasteiger partial charge in [-0.25, -0.2) is 9.97 Å². The number of hydrogen-bond donors (Lipinski definition) is 2.